The third-order valence-electron chi connectivity index (χ3n) is 3.51. The van der Waals surface area contributed by atoms with E-state index in [2.05, 4.69) is 38.7 Å². The first-order valence-electron chi connectivity index (χ1n) is 7.03. The first kappa shape index (κ1) is 14.4. The van der Waals surface area contributed by atoms with E-state index in [0.717, 1.165) is 36.7 Å². The zero-order chi connectivity index (χ0) is 13.5. The SMILES string of the molecule is O=C(NCCCc1cccc(Br)c1)NC1CCCC1. The molecule has 1 saturated carbocycles. The zero-order valence-corrected chi connectivity index (χ0v) is 12.7. The molecule has 1 fully saturated rings. The Balaban J connectivity index is 1.59. The van der Waals surface area contributed by atoms with E-state index < -0.39 is 0 Å². The second-order valence-corrected chi connectivity index (χ2v) is 6.03. The highest BCUT2D eigenvalue weighted by Crippen LogP contribution is 2.17. The van der Waals surface area contributed by atoms with Crippen LogP contribution in [0, 0.1) is 0 Å². The van der Waals surface area contributed by atoms with Gasteiger partial charge in [0.2, 0.25) is 0 Å². The van der Waals surface area contributed by atoms with E-state index in [0.29, 0.717) is 6.04 Å². The number of carbonyl (C=O) groups is 1. The molecule has 0 unspecified atom stereocenters. The lowest BCUT2D eigenvalue weighted by molar-refractivity contribution is 0.237. The average Bonchev–Trinajstić information content (AvgIpc) is 2.87. The van der Waals surface area contributed by atoms with E-state index in [4.69, 9.17) is 0 Å². The van der Waals surface area contributed by atoms with Crippen molar-refractivity contribution < 1.29 is 4.79 Å². The van der Waals surface area contributed by atoms with Crippen LogP contribution >= 0.6 is 15.9 Å². The number of hydrogen-bond donors (Lipinski definition) is 2. The molecule has 2 N–H and O–H groups in total. The summed E-state index contributed by atoms with van der Waals surface area (Å²) >= 11 is 3.46. The third kappa shape index (κ3) is 5.23. The summed E-state index contributed by atoms with van der Waals surface area (Å²) in [7, 11) is 0. The Morgan fingerprint density at radius 1 is 1.32 bits per heavy atom. The molecule has 0 atom stereocenters. The molecule has 0 bridgehead atoms. The highest BCUT2D eigenvalue weighted by atomic mass is 79.9. The van der Waals surface area contributed by atoms with Crippen LogP contribution < -0.4 is 10.6 Å². The summed E-state index contributed by atoms with van der Waals surface area (Å²) < 4.78 is 1.11. The monoisotopic (exact) mass is 324 g/mol. The van der Waals surface area contributed by atoms with Gasteiger partial charge in [0.05, 0.1) is 0 Å². The van der Waals surface area contributed by atoms with Gasteiger partial charge in [-0.25, -0.2) is 4.79 Å². The highest BCUT2D eigenvalue weighted by molar-refractivity contribution is 9.10. The minimum atomic E-state index is -0.0128. The summed E-state index contributed by atoms with van der Waals surface area (Å²) in [6.07, 6.45) is 6.70. The number of nitrogens with one attached hydrogen (secondary N) is 2. The Kier molecular flexibility index (Phi) is 5.70. The molecular weight excluding hydrogens is 304 g/mol. The second kappa shape index (κ2) is 7.53. The van der Waals surface area contributed by atoms with Gasteiger partial charge in [-0.05, 0) is 43.4 Å². The highest BCUT2D eigenvalue weighted by Gasteiger charge is 2.16. The van der Waals surface area contributed by atoms with Crippen molar-refractivity contribution in [3.05, 3.63) is 34.3 Å². The molecule has 104 valence electrons. The minimum Gasteiger partial charge on any atom is -0.338 e. The van der Waals surface area contributed by atoms with E-state index in [-0.39, 0.29) is 6.03 Å². The Morgan fingerprint density at radius 3 is 2.84 bits per heavy atom. The Morgan fingerprint density at radius 2 is 2.11 bits per heavy atom. The van der Waals surface area contributed by atoms with Crippen molar-refractivity contribution in [2.24, 2.45) is 0 Å². The van der Waals surface area contributed by atoms with Gasteiger partial charge in [-0.1, -0.05) is 40.9 Å². The molecule has 1 aromatic rings. The number of halogens is 1. The molecule has 3 nitrogen and oxygen atoms in total. The van der Waals surface area contributed by atoms with Gasteiger partial charge in [-0.2, -0.15) is 0 Å². The summed E-state index contributed by atoms with van der Waals surface area (Å²) in [5.41, 5.74) is 1.30. The molecule has 2 rings (SSSR count). The predicted molar refractivity (Wildman–Crippen MR) is 81.3 cm³/mol. The topological polar surface area (TPSA) is 41.1 Å². The number of rotatable bonds is 5. The van der Waals surface area contributed by atoms with Crippen molar-refractivity contribution in [2.75, 3.05) is 6.54 Å². The van der Waals surface area contributed by atoms with Crippen molar-refractivity contribution in [1.29, 1.82) is 0 Å². The summed E-state index contributed by atoms with van der Waals surface area (Å²) in [5, 5.41) is 5.96. The van der Waals surface area contributed by atoms with Crippen LogP contribution in [0.5, 0.6) is 0 Å². The van der Waals surface area contributed by atoms with E-state index in [1.807, 2.05) is 12.1 Å². The lowest BCUT2D eigenvalue weighted by Gasteiger charge is -2.12. The maximum atomic E-state index is 11.6. The fraction of sp³-hybridized carbons (Fsp3) is 0.533. The van der Waals surface area contributed by atoms with Gasteiger partial charge in [0.1, 0.15) is 0 Å². The number of hydrogen-bond acceptors (Lipinski definition) is 1. The van der Waals surface area contributed by atoms with Crippen LogP contribution in [0.1, 0.15) is 37.7 Å². The van der Waals surface area contributed by atoms with Crippen molar-refractivity contribution in [3.8, 4) is 0 Å². The van der Waals surface area contributed by atoms with Gasteiger partial charge < -0.3 is 10.6 Å². The van der Waals surface area contributed by atoms with Gasteiger partial charge in [0.25, 0.3) is 0 Å². The van der Waals surface area contributed by atoms with Gasteiger partial charge in [-0.15, -0.1) is 0 Å². The van der Waals surface area contributed by atoms with Crippen molar-refractivity contribution in [3.63, 3.8) is 0 Å². The van der Waals surface area contributed by atoms with Crippen LogP contribution in [-0.4, -0.2) is 18.6 Å². The van der Waals surface area contributed by atoms with Gasteiger partial charge in [-0.3, -0.25) is 0 Å². The van der Waals surface area contributed by atoms with Crippen LogP contribution in [-0.2, 0) is 6.42 Å². The fourth-order valence-corrected chi connectivity index (χ4v) is 2.94. The van der Waals surface area contributed by atoms with E-state index >= 15 is 0 Å². The lowest BCUT2D eigenvalue weighted by Crippen LogP contribution is -2.41. The molecule has 1 aliphatic carbocycles. The maximum Gasteiger partial charge on any atom is 0.315 e. The molecule has 0 aromatic heterocycles. The number of aryl methyl sites for hydroxylation is 1. The number of urea groups is 1. The van der Waals surface area contributed by atoms with E-state index in [1.165, 1.54) is 18.4 Å². The van der Waals surface area contributed by atoms with Crippen LogP contribution in [0.2, 0.25) is 0 Å². The number of carbonyl (C=O) groups excluding carboxylic acids is 1. The Bertz CT molecular complexity index is 416. The van der Waals surface area contributed by atoms with Crippen LogP contribution in [0.25, 0.3) is 0 Å². The van der Waals surface area contributed by atoms with Crippen LogP contribution in [0.15, 0.2) is 28.7 Å². The predicted octanol–water partition coefficient (Wildman–Crippen LogP) is 3.62. The molecule has 0 heterocycles. The molecular formula is C15H21BrN2O. The summed E-state index contributed by atoms with van der Waals surface area (Å²) in [5.74, 6) is 0. The molecule has 0 saturated heterocycles. The van der Waals surface area contributed by atoms with E-state index in [1.54, 1.807) is 0 Å². The average molecular weight is 325 g/mol. The molecule has 0 spiro atoms. The van der Waals surface area contributed by atoms with Crippen LogP contribution in [0.3, 0.4) is 0 Å². The molecule has 2 amide bonds. The molecule has 0 aliphatic heterocycles. The molecule has 19 heavy (non-hydrogen) atoms. The normalized spacial score (nSPS) is 15.4. The number of benzene rings is 1. The van der Waals surface area contributed by atoms with Crippen molar-refractivity contribution >= 4 is 22.0 Å². The summed E-state index contributed by atoms with van der Waals surface area (Å²) in [4.78, 5) is 11.6. The number of amides is 2. The Labute approximate surface area is 123 Å². The van der Waals surface area contributed by atoms with Crippen molar-refractivity contribution in [1.82, 2.24) is 10.6 Å². The van der Waals surface area contributed by atoms with E-state index in [9.17, 15) is 4.79 Å². The molecule has 1 aliphatic rings. The molecule has 4 heteroatoms. The summed E-state index contributed by atoms with van der Waals surface area (Å²) in [6, 6.07) is 8.68. The quantitative estimate of drug-likeness (QED) is 0.798. The maximum absolute atomic E-state index is 11.6. The van der Waals surface area contributed by atoms with Gasteiger partial charge in [0, 0.05) is 17.1 Å². The lowest BCUT2D eigenvalue weighted by atomic mass is 10.1. The first-order valence-corrected chi connectivity index (χ1v) is 7.82. The second-order valence-electron chi connectivity index (χ2n) is 5.12. The van der Waals surface area contributed by atoms with Crippen LogP contribution in [0.4, 0.5) is 4.79 Å². The fourth-order valence-electron chi connectivity index (χ4n) is 2.49. The summed E-state index contributed by atoms with van der Waals surface area (Å²) in [6.45, 7) is 0.727. The third-order valence-corrected chi connectivity index (χ3v) is 4.00. The largest absolute Gasteiger partial charge is 0.338 e. The minimum absolute atomic E-state index is 0.0128. The molecule has 1 aromatic carbocycles. The smallest absolute Gasteiger partial charge is 0.315 e. The Hall–Kier alpha value is -1.03. The molecule has 0 radical (unpaired) electrons. The zero-order valence-electron chi connectivity index (χ0n) is 11.1. The van der Waals surface area contributed by atoms with Gasteiger partial charge >= 0.3 is 6.03 Å². The van der Waals surface area contributed by atoms with Gasteiger partial charge in [0.15, 0.2) is 0 Å². The van der Waals surface area contributed by atoms with Crippen molar-refractivity contribution in [2.45, 2.75) is 44.6 Å². The standard InChI is InChI=1S/C15H21BrN2O/c16-13-7-3-5-12(11-13)6-4-10-17-15(19)18-14-8-1-2-9-14/h3,5,7,11,14H,1-2,4,6,8-10H2,(H2,17,18,19). The first-order chi connectivity index (χ1) is 9.24.